The number of allylic oxidation sites excluding steroid dienone is 1. The van der Waals surface area contributed by atoms with Crippen LogP contribution in [0.3, 0.4) is 0 Å². The molecule has 3 rings (SSSR count). The van der Waals surface area contributed by atoms with Gasteiger partial charge >= 0.3 is 6.92 Å². The van der Waals surface area contributed by atoms with Gasteiger partial charge in [0, 0.05) is 30.6 Å². The number of benzene rings is 1. The molecule has 1 aromatic carbocycles. The first-order valence-corrected chi connectivity index (χ1v) is 7.24. The van der Waals surface area contributed by atoms with Crippen molar-refractivity contribution in [3.05, 3.63) is 59.9 Å². The van der Waals surface area contributed by atoms with Crippen LogP contribution in [0.4, 0.5) is 0 Å². The predicted octanol–water partition coefficient (Wildman–Crippen LogP) is 2.80. The van der Waals surface area contributed by atoms with E-state index in [4.69, 9.17) is 4.65 Å². The van der Waals surface area contributed by atoms with Gasteiger partial charge in [0.1, 0.15) is 0 Å². The van der Waals surface area contributed by atoms with Crippen LogP contribution in [0.15, 0.2) is 54.3 Å². The molecule has 3 nitrogen and oxygen atoms in total. The third kappa shape index (κ3) is 3.07. The summed E-state index contributed by atoms with van der Waals surface area (Å²) < 4.78 is 6.03. The quantitative estimate of drug-likeness (QED) is 0.652. The average molecular weight is 269 g/mol. The molecule has 2 heterocycles. The van der Waals surface area contributed by atoms with Crippen molar-refractivity contribution in [1.82, 2.24) is 5.32 Å². The molecule has 0 bridgehead atoms. The van der Waals surface area contributed by atoms with Crippen molar-refractivity contribution in [2.45, 2.75) is 37.7 Å². The molecule has 0 saturated carbocycles. The summed E-state index contributed by atoms with van der Waals surface area (Å²) in [5.74, 6) is 2.80. The number of aliphatic hydroxyl groups is 1. The first-order chi connectivity index (χ1) is 9.70. The van der Waals surface area contributed by atoms with Gasteiger partial charge in [-0.05, 0) is 18.4 Å². The maximum atomic E-state index is 9.29. The minimum Gasteiger partial charge on any atom is -0.513 e. The molecule has 0 aliphatic carbocycles. The SMILES string of the molecule is C=C(O)CC1CCC2NC(Cc3ccccc3)=CB2O1. The van der Waals surface area contributed by atoms with E-state index in [2.05, 4.69) is 42.1 Å². The highest BCUT2D eigenvalue weighted by Crippen LogP contribution is 2.27. The average Bonchev–Trinajstić information content (AvgIpc) is 2.80. The second kappa shape index (κ2) is 5.75. The Morgan fingerprint density at radius 3 is 2.90 bits per heavy atom. The summed E-state index contributed by atoms with van der Waals surface area (Å²) in [7, 11) is 0. The van der Waals surface area contributed by atoms with Crippen molar-refractivity contribution >= 4 is 6.92 Å². The molecule has 1 saturated heterocycles. The number of rotatable bonds is 4. The van der Waals surface area contributed by atoms with Gasteiger partial charge < -0.3 is 15.1 Å². The van der Waals surface area contributed by atoms with Crippen molar-refractivity contribution in [2.24, 2.45) is 0 Å². The van der Waals surface area contributed by atoms with E-state index in [0.717, 1.165) is 19.3 Å². The second-order valence-electron chi connectivity index (χ2n) is 5.68. The summed E-state index contributed by atoms with van der Waals surface area (Å²) in [6.45, 7) is 3.68. The Morgan fingerprint density at radius 1 is 1.35 bits per heavy atom. The predicted molar refractivity (Wildman–Crippen MR) is 81.4 cm³/mol. The van der Waals surface area contributed by atoms with Crippen LogP contribution in [0, 0.1) is 0 Å². The Labute approximate surface area is 120 Å². The van der Waals surface area contributed by atoms with Gasteiger partial charge in [-0.1, -0.05) is 42.9 Å². The van der Waals surface area contributed by atoms with E-state index >= 15 is 0 Å². The number of nitrogens with one attached hydrogen (secondary N) is 1. The maximum absolute atomic E-state index is 9.29. The van der Waals surface area contributed by atoms with E-state index in [1.54, 1.807) is 0 Å². The lowest BCUT2D eigenvalue weighted by Gasteiger charge is -2.30. The monoisotopic (exact) mass is 269 g/mol. The Balaban J connectivity index is 1.62. The van der Waals surface area contributed by atoms with Gasteiger partial charge in [0.05, 0.1) is 5.76 Å². The van der Waals surface area contributed by atoms with Crippen LogP contribution in [0.1, 0.15) is 24.8 Å². The Bertz CT molecular complexity index is 514. The van der Waals surface area contributed by atoms with Gasteiger partial charge in [0.2, 0.25) is 0 Å². The minimum absolute atomic E-state index is 0.0999. The Hall–Kier alpha value is -1.68. The van der Waals surface area contributed by atoms with Crippen molar-refractivity contribution in [3.8, 4) is 0 Å². The lowest BCUT2D eigenvalue weighted by Crippen LogP contribution is -2.45. The molecule has 104 valence electrons. The summed E-state index contributed by atoms with van der Waals surface area (Å²) >= 11 is 0. The molecule has 2 atom stereocenters. The maximum Gasteiger partial charge on any atom is 0.344 e. The molecular weight excluding hydrogens is 249 g/mol. The highest BCUT2D eigenvalue weighted by Gasteiger charge is 2.38. The molecular formula is C16H20BNO2. The van der Waals surface area contributed by atoms with Crippen LogP contribution in [0.5, 0.6) is 0 Å². The van der Waals surface area contributed by atoms with Crippen LogP contribution in [0.25, 0.3) is 0 Å². The third-order valence-corrected chi connectivity index (χ3v) is 3.98. The number of fused-ring (bicyclic) bond motifs is 1. The standard InChI is InChI=1S/C16H20BNO2/c1-12(19)9-15-7-8-16-17(20-15)11-14(18-16)10-13-5-3-2-4-6-13/h2-6,11,15-16,18-19H,1,7-10H2. The van der Waals surface area contributed by atoms with Crippen molar-refractivity contribution in [2.75, 3.05) is 0 Å². The van der Waals surface area contributed by atoms with Crippen LogP contribution in [0.2, 0.25) is 0 Å². The van der Waals surface area contributed by atoms with Gasteiger partial charge in [-0.2, -0.15) is 0 Å². The normalized spacial score (nSPS) is 24.8. The largest absolute Gasteiger partial charge is 0.513 e. The summed E-state index contributed by atoms with van der Waals surface area (Å²) in [5, 5.41) is 12.9. The fraction of sp³-hybridized carbons (Fsp3) is 0.375. The molecule has 2 N–H and O–H groups in total. The number of hydrogen-bond donors (Lipinski definition) is 2. The van der Waals surface area contributed by atoms with Gasteiger partial charge in [0.25, 0.3) is 0 Å². The fourth-order valence-electron chi connectivity index (χ4n) is 3.05. The molecule has 2 unspecified atom stereocenters. The fourth-order valence-corrected chi connectivity index (χ4v) is 3.05. The van der Waals surface area contributed by atoms with Crippen molar-refractivity contribution in [3.63, 3.8) is 0 Å². The van der Waals surface area contributed by atoms with Crippen LogP contribution >= 0.6 is 0 Å². The lowest BCUT2D eigenvalue weighted by atomic mass is 9.58. The van der Waals surface area contributed by atoms with Crippen LogP contribution in [-0.4, -0.2) is 24.1 Å². The van der Waals surface area contributed by atoms with Crippen molar-refractivity contribution in [1.29, 1.82) is 0 Å². The second-order valence-corrected chi connectivity index (χ2v) is 5.68. The first-order valence-electron chi connectivity index (χ1n) is 7.24. The Kier molecular flexibility index (Phi) is 3.83. The molecule has 20 heavy (non-hydrogen) atoms. The molecule has 0 aromatic heterocycles. The highest BCUT2D eigenvalue weighted by molar-refractivity contribution is 6.60. The van der Waals surface area contributed by atoms with Gasteiger partial charge in [-0.3, -0.25) is 0 Å². The van der Waals surface area contributed by atoms with E-state index < -0.39 is 0 Å². The number of aliphatic hydroxyl groups excluding tert-OH is 1. The molecule has 0 amide bonds. The molecule has 0 radical (unpaired) electrons. The summed E-state index contributed by atoms with van der Waals surface area (Å²) in [6, 6.07) is 10.5. The van der Waals surface area contributed by atoms with Crippen LogP contribution < -0.4 is 5.32 Å². The molecule has 0 spiro atoms. The van der Waals surface area contributed by atoms with Crippen molar-refractivity contribution < 1.29 is 9.76 Å². The van der Waals surface area contributed by atoms with Gasteiger partial charge in [-0.15, -0.1) is 0 Å². The highest BCUT2D eigenvalue weighted by atomic mass is 16.4. The molecule has 1 fully saturated rings. The smallest absolute Gasteiger partial charge is 0.344 e. The number of hydrogen-bond acceptors (Lipinski definition) is 3. The van der Waals surface area contributed by atoms with E-state index in [1.807, 2.05) is 6.07 Å². The lowest BCUT2D eigenvalue weighted by molar-refractivity contribution is 0.148. The summed E-state index contributed by atoms with van der Waals surface area (Å²) in [5.41, 5.74) is 2.56. The zero-order chi connectivity index (χ0) is 13.9. The minimum atomic E-state index is 0.0999. The molecule has 1 aromatic rings. The molecule has 2 aliphatic heterocycles. The zero-order valence-electron chi connectivity index (χ0n) is 11.6. The topological polar surface area (TPSA) is 41.5 Å². The molecule has 4 heteroatoms. The van der Waals surface area contributed by atoms with E-state index in [-0.39, 0.29) is 18.8 Å². The summed E-state index contributed by atoms with van der Waals surface area (Å²) in [4.78, 5) is 0. The van der Waals surface area contributed by atoms with Gasteiger partial charge in [0.15, 0.2) is 0 Å². The van der Waals surface area contributed by atoms with E-state index in [9.17, 15) is 5.11 Å². The van der Waals surface area contributed by atoms with Gasteiger partial charge in [-0.25, -0.2) is 0 Å². The van der Waals surface area contributed by atoms with E-state index in [1.165, 1.54) is 11.3 Å². The zero-order valence-corrected chi connectivity index (χ0v) is 11.6. The van der Waals surface area contributed by atoms with Crippen LogP contribution in [-0.2, 0) is 11.1 Å². The summed E-state index contributed by atoms with van der Waals surface area (Å²) in [6.07, 6.45) is 3.62. The third-order valence-electron chi connectivity index (χ3n) is 3.98. The first kappa shape index (κ1) is 13.3. The molecule has 2 aliphatic rings. The van der Waals surface area contributed by atoms with E-state index in [0.29, 0.717) is 12.4 Å². The Morgan fingerprint density at radius 2 is 2.15 bits per heavy atom.